The third kappa shape index (κ3) is 4.02. The van der Waals surface area contributed by atoms with Gasteiger partial charge in [0.1, 0.15) is 0 Å². The van der Waals surface area contributed by atoms with E-state index in [0.29, 0.717) is 11.2 Å². The molecule has 5 nitrogen and oxygen atoms in total. The van der Waals surface area contributed by atoms with Gasteiger partial charge in [-0.25, -0.2) is 4.98 Å². The van der Waals surface area contributed by atoms with Gasteiger partial charge in [-0.1, -0.05) is 42.5 Å². The first-order valence-electron chi connectivity index (χ1n) is 8.97. The van der Waals surface area contributed by atoms with Gasteiger partial charge in [-0.05, 0) is 54.3 Å². The molecule has 4 aromatic rings. The molecule has 0 bridgehead atoms. The maximum atomic E-state index is 12.7. The van der Waals surface area contributed by atoms with Crippen molar-refractivity contribution in [3.05, 3.63) is 96.3 Å². The molecule has 28 heavy (non-hydrogen) atoms. The second-order valence-electron chi connectivity index (χ2n) is 6.48. The Balaban J connectivity index is 1.68. The summed E-state index contributed by atoms with van der Waals surface area (Å²) in [6.45, 7) is 0. The molecule has 2 heterocycles. The molecule has 0 fully saturated rings. The Morgan fingerprint density at radius 1 is 0.750 bits per heavy atom. The lowest BCUT2D eigenvalue weighted by atomic mass is 10.0. The minimum atomic E-state index is -3.79. The number of aryl methyl sites for hydroxylation is 2. The third-order valence-electron chi connectivity index (χ3n) is 4.47. The van der Waals surface area contributed by atoms with Crippen LogP contribution in [0, 0.1) is 0 Å². The monoisotopic (exact) mass is 389 g/mol. The van der Waals surface area contributed by atoms with Crippen molar-refractivity contribution in [2.75, 3.05) is 4.72 Å². The molecule has 4 rings (SSSR count). The summed E-state index contributed by atoms with van der Waals surface area (Å²) in [6, 6.07) is 22.7. The normalized spacial score (nSPS) is 11.4. The first kappa shape index (κ1) is 18.1. The van der Waals surface area contributed by atoms with Crippen molar-refractivity contribution in [2.24, 2.45) is 0 Å². The van der Waals surface area contributed by atoms with Crippen LogP contribution >= 0.6 is 0 Å². The predicted molar refractivity (Wildman–Crippen MR) is 111 cm³/mol. The van der Waals surface area contributed by atoms with Gasteiger partial charge in [-0.2, -0.15) is 8.42 Å². The largest absolute Gasteiger partial charge is 0.279 e. The van der Waals surface area contributed by atoms with Gasteiger partial charge in [0.05, 0.1) is 11.2 Å². The first-order chi connectivity index (χ1) is 13.6. The van der Waals surface area contributed by atoms with Gasteiger partial charge >= 0.3 is 0 Å². The average molecular weight is 389 g/mol. The molecule has 0 amide bonds. The van der Waals surface area contributed by atoms with Gasteiger partial charge in [-0.3, -0.25) is 9.71 Å². The molecule has 0 spiro atoms. The zero-order valence-electron chi connectivity index (χ0n) is 15.1. The van der Waals surface area contributed by atoms with Crippen molar-refractivity contribution < 1.29 is 8.42 Å². The van der Waals surface area contributed by atoms with Gasteiger partial charge in [0.2, 0.25) is 0 Å². The second kappa shape index (κ2) is 7.78. The summed E-state index contributed by atoms with van der Waals surface area (Å²) in [5.41, 5.74) is 3.37. The zero-order valence-corrected chi connectivity index (χ0v) is 15.9. The van der Waals surface area contributed by atoms with Crippen LogP contribution in [0.15, 0.2) is 90.2 Å². The quantitative estimate of drug-likeness (QED) is 0.536. The molecule has 0 radical (unpaired) electrons. The number of rotatable bonds is 6. The van der Waals surface area contributed by atoms with Crippen molar-refractivity contribution in [3.63, 3.8) is 0 Å². The molecule has 0 aliphatic rings. The lowest BCUT2D eigenvalue weighted by molar-refractivity contribution is 0.597. The smallest absolute Gasteiger partial charge is 0.276 e. The van der Waals surface area contributed by atoms with Crippen LogP contribution in [-0.2, 0) is 22.9 Å². The number of aromatic nitrogens is 2. The molecular weight excluding hydrogens is 370 g/mol. The Morgan fingerprint density at radius 3 is 2.29 bits per heavy atom. The molecule has 6 heteroatoms. The first-order valence-corrected chi connectivity index (χ1v) is 10.5. The Morgan fingerprint density at radius 2 is 1.50 bits per heavy atom. The molecule has 1 N–H and O–H groups in total. The number of pyridine rings is 2. The minimum Gasteiger partial charge on any atom is -0.276 e. The zero-order chi connectivity index (χ0) is 19.4. The number of hydrogen-bond donors (Lipinski definition) is 1. The molecule has 0 unspecified atom stereocenters. The number of benzene rings is 2. The molecule has 0 saturated heterocycles. The fourth-order valence-electron chi connectivity index (χ4n) is 3.11. The maximum absolute atomic E-state index is 12.7. The Hall–Kier alpha value is -3.25. The van der Waals surface area contributed by atoms with Gasteiger partial charge in [0, 0.05) is 17.8 Å². The highest BCUT2D eigenvalue weighted by atomic mass is 32.2. The molecule has 2 aromatic heterocycles. The van der Waals surface area contributed by atoms with E-state index in [1.807, 2.05) is 36.4 Å². The average Bonchev–Trinajstić information content (AvgIpc) is 2.73. The van der Waals surface area contributed by atoms with Gasteiger partial charge in [-0.15, -0.1) is 0 Å². The number of nitrogens with zero attached hydrogens (tertiary/aromatic N) is 2. The Labute approximate surface area is 164 Å². The van der Waals surface area contributed by atoms with Gasteiger partial charge in [0.25, 0.3) is 10.0 Å². The number of nitrogens with one attached hydrogen (secondary N) is 1. The third-order valence-corrected chi connectivity index (χ3v) is 5.75. The SMILES string of the molecule is O=S(=O)(Nc1cc(CCc2ccccc2)cc2cccnc12)c1ccccn1. The van der Waals surface area contributed by atoms with E-state index < -0.39 is 10.0 Å². The van der Waals surface area contributed by atoms with Gasteiger partial charge < -0.3 is 0 Å². The van der Waals surface area contributed by atoms with Crippen LogP contribution in [0.25, 0.3) is 10.9 Å². The van der Waals surface area contributed by atoms with Crippen molar-refractivity contribution in [3.8, 4) is 0 Å². The van der Waals surface area contributed by atoms with Crippen LogP contribution < -0.4 is 4.72 Å². The second-order valence-corrected chi connectivity index (χ2v) is 8.11. The van der Waals surface area contributed by atoms with E-state index >= 15 is 0 Å². The molecular formula is C22H19N3O2S. The highest BCUT2D eigenvalue weighted by molar-refractivity contribution is 7.92. The van der Waals surface area contributed by atoms with Crippen molar-refractivity contribution in [1.82, 2.24) is 9.97 Å². The molecule has 0 aliphatic heterocycles. The molecule has 0 aliphatic carbocycles. The molecule has 0 saturated carbocycles. The fourth-order valence-corrected chi connectivity index (χ4v) is 4.12. The highest BCUT2D eigenvalue weighted by Crippen LogP contribution is 2.26. The van der Waals surface area contributed by atoms with Crippen LogP contribution in [0.4, 0.5) is 5.69 Å². The Bertz CT molecular complexity index is 1190. The molecule has 140 valence electrons. The number of sulfonamides is 1. The summed E-state index contributed by atoms with van der Waals surface area (Å²) >= 11 is 0. The minimum absolute atomic E-state index is 0.0197. The molecule has 0 atom stereocenters. The van der Waals surface area contributed by atoms with Crippen LogP contribution in [0.1, 0.15) is 11.1 Å². The summed E-state index contributed by atoms with van der Waals surface area (Å²) in [4.78, 5) is 8.33. The van der Waals surface area contributed by atoms with Crippen LogP contribution in [-0.4, -0.2) is 18.4 Å². The van der Waals surface area contributed by atoms with Crippen LogP contribution in [0.3, 0.4) is 0 Å². The van der Waals surface area contributed by atoms with E-state index in [4.69, 9.17) is 0 Å². The summed E-state index contributed by atoms with van der Waals surface area (Å²) < 4.78 is 28.1. The topological polar surface area (TPSA) is 72.0 Å². The van der Waals surface area contributed by atoms with Crippen molar-refractivity contribution >= 4 is 26.6 Å². The maximum Gasteiger partial charge on any atom is 0.279 e. The lowest BCUT2D eigenvalue weighted by Crippen LogP contribution is -2.15. The van der Waals surface area contributed by atoms with Gasteiger partial charge in [0.15, 0.2) is 5.03 Å². The summed E-state index contributed by atoms with van der Waals surface area (Å²) in [6.07, 6.45) is 4.79. The van der Waals surface area contributed by atoms with Crippen LogP contribution in [0.5, 0.6) is 0 Å². The summed E-state index contributed by atoms with van der Waals surface area (Å²) in [5.74, 6) is 0. The predicted octanol–water partition coefficient (Wildman–Crippen LogP) is 4.22. The van der Waals surface area contributed by atoms with Crippen molar-refractivity contribution in [2.45, 2.75) is 17.9 Å². The van der Waals surface area contributed by atoms with Crippen molar-refractivity contribution in [1.29, 1.82) is 0 Å². The van der Waals surface area contributed by atoms with E-state index in [0.717, 1.165) is 23.8 Å². The standard InChI is InChI=1S/C22H19N3O2S/c26-28(27,21-10-4-5-13-23-21)25-20-16-18(12-11-17-7-2-1-3-8-17)15-19-9-6-14-24-22(19)20/h1-10,13-16,25H,11-12H2. The summed E-state index contributed by atoms with van der Waals surface area (Å²) in [7, 11) is -3.79. The van der Waals surface area contributed by atoms with E-state index in [-0.39, 0.29) is 5.03 Å². The fraction of sp³-hybridized carbons (Fsp3) is 0.0909. The summed E-state index contributed by atoms with van der Waals surface area (Å²) in [5, 5.41) is 0.876. The van der Waals surface area contributed by atoms with E-state index in [9.17, 15) is 8.42 Å². The Kier molecular flexibility index (Phi) is 5.04. The number of fused-ring (bicyclic) bond motifs is 1. The van der Waals surface area contributed by atoms with E-state index in [2.05, 4.69) is 32.9 Å². The van der Waals surface area contributed by atoms with E-state index in [1.54, 1.807) is 18.3 Å². The molecule has 2 aromatic carbocycles. The lowest BCUT2D eigenvalue weighted by Gasteiger charge is -2.12. The van der Waals surface area contributed by atoms with Crippen LogP contribution in [0.2, 0.25) is 0 Å². The number of hydrogen-bond acceptors (Lipinski definition) is 4. The number of anilines is 1. The van der Waals surface area contributed by atoms with E-state index in [1.165, 1.54) is 17.8 Å². The highest BCUT2D eigenvalue weighted by Gasteiger charge is 2.17.